The van der Waals surface area contributed by atoms with Crippen LogP contribution in [-0.4, -0.2) is 37.0 Å². The molecule has 0 aliphatic rings. The summed E-state index contributed by atoms with van der Waals surface area (Å²) in [7, 11) is -1.44. The van der Waals surface area contributed by atoms with Crippen LogP contribution in [0.15, 0.2) is 0 Å². The number of rotatable bonds is 2. The molecule has 12 heavy (non-hydrogen) atoms. The Morgan fingerprint density at radius 2 is 1.92 bits per heavy atom. The lowest BCUT2D eigenvalue weighted by atomic mass is 10.2. The smallest absolute Gasteiger partial charge is 0.131 e. The van der Waals surface area contributed by atoms with Crippen molar-refractivity contribution in [2.75, 3.05) is 6.61 Å². The van der Waals surface area contributed by atoms with E-state index in [4.69, 9.17) is 10.8 Å². The van der Waals surface area contributed by atoms with Gasteiger partial charge in [-0.15, -0.1) is 5.54 Å². The van der Waals surface area contributed by atoms with Gasteiger partial charge in [-0.1, -0.05) is 25.6 Å². The minimum atomic E-state index is -1.44. The van der Waals surface area contributed by atoms with Crippen molar-refractivity contribution in [3.8, 4) is 11.5 Å². The monoisotopic (exact) mass is 187 g/mol. The molecule has 3 nitrogen and oxygen atoms in total. The zero-order valence-corrected chi connectivity index (χ0v) is 8.83. The van der Waals surface area contributed by atoms with E-state index >= 15 is 0 Å². The maximum Gasteiger partial charge on any atom is 0.131 e. The first-order chi connectivity index (χ1) is 5.37. The Morgan fingerprint density at radius 1 is 1.42 bits per heavy atom. The molecule has 4 heteroatoms. The molecule has 0 aliphatic heterocycles. The van der Waals surface area contributed by atoms with Gasteiger partial charge < -0.3 is 15.9 Å². The average molecular weight is 187 g/mol. The van der Waals surface area contributed by atoms with Crippen molar-refractivity contribution in [3.63, 3.8) is 0 Å². The van der Waals surface area contributed by atoms with E-state index in [-0.39, 0.29) is 6.61 Å². The summed E-state index contributed by atoms with van der Waals surface area (Å²) < 4.78 is 0. The zero-order valence-electron chi connectivity index (χ0n) is 7.83. The Balaban J connectivity index is 4.13. The van der Waals surface area contributed by atoms with Crippen molar-refractivity contribution in [2.45, 2.75) is 31.8 Å². The molecular weight excluding hydrogens is 170 g/mol. The molecule has 0 unspecified atom stereocenters. The number of nitrogens with two attached hydrogens (primary N) is 1. The lowest BCUT2D eigenvalue weighted by Gasteiger charge is -2.11. The standard InChI is InChI=1S/C8H17NO2Si/c1-12(2,3)5-4-8(11)7(9)6-10/h7-8,10-11H,6,9H2,1-3H3/t7-,8+/m0/s1. The molecule has 0 aromatic heterocycles. The summed E-state index contributed by atoms with van der Waals surface area (Å²) in [4.78, 5) is 0. The van der Waals surface area contributed by atoms with E-state index in [1.165, 1.54) is 0 Å². The molecule has 0 spiro atoms. The first-order valence-corrected chi connectivity index (χ1v) is 7.44. The molecule has 0 amide bonds. The molecule has 2 atom stereocenters. The van der Waals surface area contributed by atoms with Gasteiger partial charge in [0, 0.05) is 0 Å². The fourth-order valence-electron chi connectivity index (χ4n) is 0.497. The largest absolute Gasteiger partial charge is 0.395 e. The Kier molecular flexibility index (Phi) is 4.49. The zero-order chi connectivity index (χ0) is 9.78. The molecule has 0 aromatic rings. The summed E-state index contributed by atoms with van der Waals surface area (Å²) in [5, 5.41) is 17.8. The minimum Gasteiger partial charge on any atom is -0.395 e. The predicted molar refractivity (Wildman–Crippen MR) is 52.2 cm³/mol. The topological polar surface area (TPSA) is 66.5 Å². The lowest BCUT2D eigenvalue weighted by Crippen LogP contribution is -2.37. The second kappa shape index (κ2) is 4.63. The van der Waals surface area contributed by atoms with Gasteiger partial charge in [-0.05, 0) is 0 Å². The molecule has 70 valence electrons. The van der Waals surface area contributed by atoms with E-state index in [0.29, 0.717) is 0 Å². The Labute approximate surface area is 74.6 Å². The molecule has 0 saturated heterocycles. The number of hydrogen-bond acceptors (Lipinski definition) is 3. The highest BCUT2D eigenvalue weighted by molar-refractivity contribution is 6.83. The Bertz CT molecular complexity index is 189. The third kappa shape index (κ3) is 5.33. The first kappa shape index (κ1) is 11.7. The summed E-state index contributed by atoms with van der Waals surface area (Å²) in [5.74, 6) is 2.66. The Morgan fingerprint density at radius 3 is 2.25 bits per heavy atom. The molecule has 0 fully saturated rings. The fraction of sp³-hybridized carbons (Fsp3) is 0.750. The lowest BCUT2D eigenvalue weighted by molar-refractivity contribution is 0.151. The maximum absolute atomic E-state index is 9.24. The van der Waals surface area contributed by atoms with Crippen molar-refractivity contribution in [1.82, 2.24) is 0 Å². The third-order valence-electron chi connectivity index (χ3n) is 1.21. The van der Waals surface area contributed by atoms with Crippen LogP contribution in [0.1, 0.15) is 0 Å². The van der Waals surface area contributed by atoms with Gasteiger partial charge in [-0.25, -0.2) is 0 Å². The van der Waals surface area contributed by atoms with Crippen LogP contribution in [0.5, 0.6) is 0 Å². The van der Waals surface area contributed by atoms with Crippen LogP contribution in [0.4, 0.5) is 0 Å². The van der Waals surface area contributed by atoms with E-state index in [1.807, 2.05) is 0 Å². The summed E-state index contributed by atoms with van der Waals surface area (Å²) in [6, 6.07) is -0.645. The summed E-state index contributed by atoms with van der Waals surface area (Å²) >= 11 is 0. The van der Waals surface area contributed by atoms with Crippen LogP contribution in [0.3, 0.4) is 0 Å². The molecule has 0 aromatic carbocycles. The second-order valence-electron chi connectivity index (χ2n) is 3.81. The van der Waals surface area contributed by atoms with Gasteiger partial charge in [0.15, 0.2) is 0 Å². The molecule has 0 aliphatic carbocycles. The van der Waals surface area contributed by atoms with Crippen LogP contribution < -0.4 is 5.73 Å². The van der Waals surface area contributed by atoms with Crippen LogP contribution in [0, 0.1) is 11.5 Å². The van der Waals surface area contributed by atoms with Gasteiger partial charge >= 0.3 is 0 Å². The van der Waals surface area contributed by atoms with Gasteiger partial charge in [0.1, 0.15) is 14.2 Å². The molecular formula is C8H17NO2Si. The van der Waals surface area contributed by atoms with Gasteiger partial charge in [0.05, 0.1) is 12.6 Å². The summed E-state index contributed by atoms with van der Waals surface area (Å²) in [5.41, 5.74) is 8.34. The molecule has 4 N–H and O–H groups in total. The van der Waals surface area contributed by atoms with Gasteiger partial charge in [0.2, 0.25) is 0 Å². The van der Waals surface area contributed by atoms with E-state index in [0.717, 1.165) is 0 Å². The van der Waals surface area contributed by atoms with E-state index in [1.54, 1.807) is 0 Å². The van der Waals surface area contributed by atoms with E-state index in [2.05, 4.69) is 31.1 Å². The van der Waals surface area contributed by atoms with E-state index < -0.39 is 20.2 Å². The molecule has 0 rings (SSSR count). The second-order valence-corrected chi connectivity index (χ2v) is 8.56. The van der Waals surface area contributed by atoms with Gasteiger partial charge in [0.25, 0.3) is 0 Å². The highest BCUT2D eigenvalue weighted by atomic mass is 28.3. The number of hydrogen-bond donors (Lipinski definition) is 3. The quantitative estimate of drug-likeness (QED) is 0.405. The number of aliphatic hydroxyl groups excluding tert-OH is 2. The van der Waals surface area contributed by atoms with Crippen molar-refractivity contribution in [2.24, 2.45) is 5.73 Å². The van der Waals surface area contributed by atoms with Gasteiger partial charge in [-0.3, -0.25) is 0 Å². The summed E-state index contributed by atoms with van der Waals surface area (Å²) in [6.45, 7) is 6.01. The van der Waals surface area contributed by atoms with Crippen LogP contribution >= 0.6 is 0 Å². The minimum absolute atomic E-state index is 0.235. The van der Waals surface area contributed by atoms with E-state index in [9.17, 15) is 5.11 Å². The van der Waals surface area contributed by atoms with Crippen molar-refractivity contribution < 1.29 is 10.2 Å². The fourth-order valence-corrected chi connectivity index (χ4v) is 1.08. The summed E-state index contributed by atoms with van der Waals surface area (Å²) in [6.07, 6.45) is -0.901. The molecule has 0 radical (unpaired) electrons. The van der Waals surface area contributed by atoms with Crippen LogP contribution in [0.2, 0.25) is 19.6 Å². The SMILES string of the molecule is C[Si](C)(C)C#C[C@@H](O)[C@@H](N)CO. The molecule has 0 saturated carbocycles. The highest BCUT2D eigenvalue weighted by Gasteiger charge is 2.12. The van der Waals surface area contributed by atoms with Crippen molar-refractivity contribution in [1.29, 1.82) is 0 Å². The third-order valence-corrected chi connectivity index (χ3v) is 2.11. The number of aliphatic hydroxyl groups is 2. The highest BCUT2D eigenvalue weighted by Crippen LogP contribution is 1.97. The van der Waals surface area contributed by atoms with Gasteiger partial charge in [-0.2, -0.15) is 0 Å². The maximum atomic E-state index is 9.24. The first-order valence-electron chi connectivity index (χ1n) is 3.94. The van der Waals surface area contributed by atoms with Crippen LogP contribution in [0.25, 0.3) is 0 Å². The molecule has 0 bridgehead atoms. The van der Waals surface area contributed by atoms with Crippen molar-refractivity contribution >= 4 is 8.07 Å². The Hall–Kier alpha value is -0.343. The predicted octanol–water partition coefficient (Wildman–Crippen LogP) is -0.452. The normalized spacial score (nSPS) is 16.2. The average Bonchev–Trinajstić information content (AvgIpc) is 1.97. The van der Waals surface area contributed by atoms with Crippen LogP contribution in [-0.2, 0) is 0 Å². The molecule has 0 heterocycles. The van der Waals surface area contributed by atoms with Crippen molar-refractivity contribution in [3.05, 3.63) is 0 Å².